The highest BCUT2D eigenvalue weighted by Crippen LogP contribution is 2.15. The summed E-state index contributed by atoms with van der Waals surface area (Å²) in [7, 11) is 0. The predicted octanol–water partition coefficient (Wildman–Crippen LogP) is 2.17. The number of aryl methyl sites for hydroxylation is 1. The minimum atomic E-state index is 0.218. The van der Waals surface area contributed by atoms with Crippen molar-refractivity contribution >= 4 is 5.69 Å². The first-order valence-corrected chi connectivity index (χ1v) is 5.20. The molecule has 0 spiro atoms. The number of nitrogens with two attached hydrogens (primary N) is 1. The van der Waals surface area contributed by atoms with Crippen LogP contribution in [0.5, 0.6) is 0 Å². The van der Waals surface area contributed by atoms with Gasteiger partial charge in [-0.1, -0.05) is 12.1 Å². The molecule has 0 aliphatic carbocycles. The molecule has 1 aromatic carbocycles. The number of benzene rings is 1. The number of rotatable bonds is 4. The van der Waals surface area contributed by atoms with Crippen LogP contribution in [0.2, 0.25) is 0 Å². The molecular formula is C12H20N2. The minimum Gasteiger partial charge on any atom is -0.370 e. The van der Waals surface area contributed by atoms with Crippen molar-refractivity contribution in [3.63, 3.8) is 0 Å². The van der Waals surface area contributed by atoms with Crippen LogP contribution in [0.25, 0.3) is 0 Å². The van der Waals surface area contributed by atoms with E-state index in [1.165, 1.54) is 11.3 Å². The Bertz CT molecular complexity index is 281. The van der Waals surface area contributed by atoms with Gasteiger partial charge >= 0.3 is 0 Å². The number of likely N-dealkylation sites (N-methyl/N-ethyl adjacent to an activating group) is 1. The first-order chi connectivity index (χ1) is 6.63. The average Bonchev–Trinajstić information content (AvgIpc) is 2.14. The number of anilines is 1. The molecule has 0 fully saturated rings. The zero-order chi connectivity index (χ0) is 10.6. The lowest BCUT2D eigenvalue weighted by atomic mass is 10.2. The summed E-state index contributed by atoms with van der Waals surface area (Å²) in [5.41, 5.74) is 8.37. The van der Waals surface area contributed by atoms with Gasteiger partial charge in [0.25, 0.3) is 0 Å². The molecule has 0 amide bonds. The van der Waals surface area contributed by atoms with Gasteiger partial charge in [0.1, 0.15) is 0 Å². The van der Waals surface area contributed by atoms with Crippen LogP contribution in [-0.4, -0.2) is 19.1 Å². The summed E-state index contributed by atoms with van der Waals surface area (Å²) < 4.78 is 0. The summed E-state index contributed by atoms with van der Waals surface area (Å²) in [5.74, 6) is 0. The highest BCUT2D eigenvalue weighted by atomic mass is 15.1. The molecule has 2 heteroatoms. The maximum Gasteiger partial charge on any atom is 0.0369 e. The summed E-state index contributed by atoms with van der Waals surface area (Å²) in [4.78, 5) is 2.30. The van der Waals surface area contributed by atoms with Gasteiger partial charge in [0.15, 0.2) is 0 Å². The normalized spacial score (nSPS) is 12.6. The van der Waals surface area contributed by atoms with Gasteiger partial charge in [-0.2, -0.15) is 0 Å². The largest absolute Gasteiger partial charge is 0.370 e. The standard InChI is InChI=1S/C12H20N2/c1-4-14(9-11(3)13)12-7-5-6-10(2)8-12/h5-8,11H,4,9,13H2,1-3H3/t11-/m0/s1. The third-order valence-corrected chi connectivity index (χ3v) is 2.26. The molecule has 0 aromatic heterocycles. The van der Waals surface area contributed by atoms with Crippen molar-refractivity contribution in [2.75, 3.05) is 18.0 Å². The fourth-order valence-corrected chi connectivity index (χ4v) is 1.59. The average molecular weight is 192 g/mol. The maximum absolute atomic E-state index is 5.80. The molecule has 2 nitrogen and oxygen atoms in total. The molecule has 0 bridgehead atoms. The Balaban J connectivity index is 2.78. The van der Waals surface area contributed by atoms with Gasteiger partial charge in [0.2, 0.25) is 0 Å². The molecule has 14 heavy (non-hydrogen) atoms. The molecule has 0 saturated carbocycles. The van der Waals surface area contributed by atoms with Gasteiger partial charge in [-0.3, -0.25) is 0 Å². The van der Waals surface area contributed by atoms with E-state index in [2.05, 4.69) is 43.0 Å². The van der Waals surface area contributed by atoms with Crippen LogP contribution < -0.4 is 10.6 Å². The van der Waals surface area contributed by atoms with Crippen molar-refractivity contribution in [2.24, 2.45) is 5.73 Å². The zero-order valence-electron chi connectivity index (χ0n) is 9.33. The van der Waals surface area contributed by atoms with Crippen LogP contribution in [0, 0.1) is 6.92 Å². The summed E-state index contributed by atoms with van der Waals surface area (Å²) in [6, 6.07) is 8.76. The number of nitrogens with zero attached hydrogens (tertiary/aromatic N) is 1. The van der Waals surface area contributed by atoms with Crippen LogP contribution in [0.1, 0.15) is 19.4 Å². The molecule has 0 heterocycles. The summed E-state index contributed by atoms with van der Waals surface area (Å²) in [5, 5.41) is 0. The third-order valence-electron chi connectivity index (χ3n) is 2.26. The van der Waals surface area contributed by atoms with Crippen molar-refractivity contribution in [3.05, 3.63) is 29.8 Å². The second-order valence-electron chi connectivity index (χ2n) is 3.85. The fraction of sp³-hybridized carbons (Fsp3) is 0.500. The van der Waals surface area contributed by atoms with E-state index in [4.69, 9.17) is 5.73 Å². The Kier molecular flexibility index (Phi) is 3.96. The lowest BCUT2D eigenvalue weighted by Gasteiger charge is -2.25. The third kappa shape index (κ3) is 3.04. The van der Waals surface area contributed by atoms with E-state index in [-0.39, 0.29) is 6.04 Å². The quantitative estimate of drug-likeness (QED) is 0.792. The molecule has 0 aliphatic heterocycles. The summed E-state index contributed by atoms with van der Waals surface area (Å²) in [6.45, 7) is 8.23. The van der Waals surface area contributed by atoms with Crippen LogP contribution in [0.4, 0.5) is 5.69 Å². The molecule has 1 rings (SSSR count). The maximum atomic E-state index is 5.80. The van der Waals surface area contributed by atoms with E-state index in [0.717, 1.165) is 13.1 Å². The highest BCUT2D eigenvalue weighted by Gasteiger charge is 2.05. The monoisotopic (exact) mass is 192 g/mol. The van der Waals surface area contributed by atoms with Crippen LogP contribution in [-0.2, 0) is 0 Å². The van der Waals surface area contributed by atoms with E-state index in [0.29, 0.717) is 0 Å². The van der Waals surface area contributed by atoms with E-state index < -0.39 is 0 Å². The second kappa shape index (κ2) is 5.01. The molecule has 78 valence electrons. The number of hydrogen-bond acceptors (Lipinski definition) is 2. The van der Waals surface area contributed by atoms with Crippen molar-refractivity contribution in [1.29, 1.82) is 0 Å². The fourth-order valence-electron chi connectivity index (χ4n) is 1.59. The molecule has 0 unspecified atom stereocenters. The first kappa shape index (κ1) is 11.1. The van der Waals surface area contributed by atoms with Crippen LogP contribution >= 0.6 is 0 Å². The Morgan fingerprint density at radius 1 is 1.43 bits per heavy atom. The van der Waals surface area contributed by atoms with Gasteiger partial charge in [0, 0.05) is 24.8 Å². The predicted molar refractivity (Wildman–Crippen MR) is 62.7 cm³/mol. The van der Waals surface area contributed by atoms with Gasteiger partial charge in [-0.15, -0.1) is 0 Å². The van der Waals surface area contributed by atoms with Crippen molar-refractivity contribution < 1.29 is 0 Å². The van der Waals surface area contributed by atoms with Crippen molar-refractivity contribution in [1.82, 2.24) is 0 Å². The second-order valence-corrected chi connectivity index (χ2v) is 3.85. The van der Waals surface area contributed by atoms with E-state index >= 15 is 0 Å². The van der Waals surface area contributed by atoms with Gasteiger partial charge in [-0.05, 0) is 38.5 Å². The van der Waals surface area contributed by atoms with Gasteiger partial charge in [0.05, 0.1) is 0 Å². The summed E-state index contributed by atoms with van der Waals surface area (Å²) in [6.07, 6.45) is 0. The van der Waals surface area contributed by atoms with E-state index in [9.17, 15) is 0 Å². The smallest absolute Gasteiger partial charge is 0.0369 e. The van der Waals surface area contributed by atoms with Crippen molar-refractivity contribution in [2.45, 2.75) is 26.8 Å². The molecule has 1 aromatic rings. The Labute approximate surface area is 86.7 Å². The van der Waals surface area contributed by atoms with Crippen molar-refractivity contribution in [3.8, 4) is 0 Å². The Morgan fingerprint density at radius 3 is 2.64 bits per heavy atom. The molecule has 0 aliphatic rings. The summed E-state index contributed by atoms with van der Waals surface area (Å²) >= 11 is 0. The molecular weight excluding hydrogens is 172 g/mol. The van der Waals surface area contributed by atoms with E-state index in [1.807, 2.05) is 6.92 Å². The Morgan fingerprint density at radius 2 is 2.14 bits per heavy atom. The topological polar surface area (TPSA) is 29.3 Å². The molecule has 2 N–H and O–H groups in total. The lowest BCUT2D eigenvalue weighted by molar-refractivity contribution is 0.689. The lowest BCUT2D eigenvalue weighted by Crippen LogP contribution is -2.35. The highest BCUT2D eigenvalue weighted by molar-refractivity contribution is 5.48. The SMILES string of the molecule is CCN(C[C@H](C)N)c1cccc(C)c1. The zero-order valence-corrected chi connectivity index (χ0v) is 9.33. The molecule has 1 atom stereocenters. The van der Waals surface area contributed by atoms with E-state index in [1.54, 1.807) is 0 Å². The Hall–Kier alpha value is -1.02. The first-order valence-electron chi connectivity index (χ1n) is 5.20. The van der Waals surface area contributed by atoms with Crippen LogP contribution in [0.3, 0.4) is 0 Å². The number of hydrogen-bond donors (Lipinski definition) is 1. The molecule has 0 saturated heterocycles. The van der Waals surface area contributed by atoms with Gasteiger partial charge < -0.3 is 10.6 Å². The van der Waals surface area contributed by atoms with Crippen LogP contribution in [0.15, 0.2) is 24.3 Å². The molecule has 0 radical (unpaired) electrons. The van der Waals surface area contributed by atoms with Gasteiger partial charge in [-0.25, -0.2) is 0 Å². The minimum absolute atomic E-state index is 0.218.